The molecule has 1 fully saturated rings. The predicted octanol–water partition coefficient (Wildman–Crippen LogP) is 1.98. The smallest absolute Gasteiger partial charge is 0.261 e. The maximum Gasteiger partial charge on any atom is 0.281 e. The van der Waals surface area contributed by atoms with Crippen LogP contribution in [0.15, 0.2) is 24.7 Å². The maximum atomic E-state index is 12.2. The highest BCUT2D eigenvalue weighted by molar-refractivity contribution is 7.86. The molecule has 2 aromatic heterocycles. The summed E-state index contributed by atoms with van der Waals surface area (Å²) in [5, 5.41) is 4.37. The number of hydrogen-bond acceptors (Lipinski definition) is 5. The third kappa shape index (κ3) is 4.36. The van der Waals surface area contributed by atoms with Crippen LogP contribution >= 0.6 is 0 Å². The van der Waals surface area contributed by atoms with Crippen molar-refractivity contribution in [2.45, 2.75) is 39.2 Å². The normalized spacial score (nSPS) is 17.1. The molecule has 27 heavy (non-hydrogen) atoms. The average Bonchev–Trinajstić information content (AvgIpc) is 3.12. The zero-order valence-electron chi connectivity index (χ0n) is 16.4. The molecule has 8 nitrogen and oxygen atoms in total. The van der Waals surface area contributed by atoms with E-state index in [9.17, 15) is 8.42 Å². The van der Waals surface area contributed by atoms with Gasteiger partial charge >= 0.3 is 0 Å². The SMILES string of the molecule is CC(C)n1nccc1-c1cncc(CC2CCN(S(=O)(=O)N(C)C)CC2)n1. The number of nitrogens with zero attached hydrogens (tertiary/aromatic N) is 6. The molecule has 0 amide bonds. The minimum atomic E-state index is -3.32. The van der Waals surface area contributed by atoms with Crippen LogP contribution in [0.3, 0.4) is 0 Å². The second-order valence-corrected chi connectivity index (χ2v) is 9.63. The zero-order valence-corrected chi connectivity index (χ0v) is 17.2. The highest BCUT2D eigenvalue weighted by atomic mass is 32.2. The molecule has 1 aliphatic heterocycles. The third-order valence-electron chi connectivity index (χ3n) is 4.97. The minimum Gasteiger partial charge on any atom is -0.261 e. The van der Waals surface area contributed by atoms with Gasteiger partial charge in [0, 0.05) is 45.6 Å². The van der Waals surface area contributed by atoms with Gasteiger partial charge in [-0.1, -0.05) is 0 Å². The van der Waals surface area contributed by atoms with Gasteiger partial charge in [0.1, 0.15) is 5.69 Å². The van der Waals surface area contributed by atoms with Crippen LogP contribution in [0.4, 0.5) is 0 Å². The highest BCUT2D eigenvalue weighted by Gasteiger charge is 2.29. The van der Waals surface area contributed by atoms with Gasteiger partial charge in [-0.05, 0) is 45.1 Å². The Balaban J connectivity index is 1.67. The average molecular weight is 393 g/mol. The summed E-state index contributed by atoms with van der Waals surface area (Å²) in [5.41, 5.74) is 2.73. The van der Waals surface area contributed by atoms with Crippen LogP contribution in [0.1, 0.15) is 38.4 Å². The Bertz CT molecular complexity index is 869. The summed E-state index contributed by atoms with van der Waals surface area (Å²) < 4.78 is 29.3. The molecule has 0 N–H and O–H groups in total. The first-order chi connectivity index (χ1) is 12.8. The third-order valence-corrected chi connectivity index (χ3v) is 6.91. The monoisotopic (exact) mass is 392 g/mol. The quantitative estimate of drug-likeness (QED) is 0.750. The van der Waals surface area contributed by atoms with Crippen molar-refractivity contribution < 1.29 is 8.42 Å². The number of rotatable bonds is 6. The van der Waals surface area contributed by atoms with Crippen LogP contribution in [0.2, 0.25) is 0 Å². The topological polar surface area (TPSA) is 84.2 Å². The zero-order chi connectivity index (χ0) is 19.6. The Morgan fingerprint density at radius 2 is 1.93 bits per heavy atom. The lowest BCUT2D eigenvalue weighted by atomic mass is 9.93. The van der Waals surface area contributed by atoms with Crippen molar-refractivity contribution in [1.82, 2.24) is 28.4 Å². The van der Waals surface area contributed by atoms with Crippen LogP contribution in [-0.4, -0.2) is 64.0 Å². The molecule has 0 spiro atoms. The van der Waals surface area contributed by atoms with Crippen molar-refractivity contribution >= 4 is 10.2 Å². The van der Waals surface area contributed by atoms with Crippen molar-refractivity contribution in [2.24, 2.45) is 5.92 Å². The fraction of sp³-hybridized carbons (Fsp3) is 0.611. The van der Waals surface area contributed by atoms with Crippen LogP contribution in [0.5, 0.6) is 0 Å². The fourth-order valence-electron chi connectivity index (χ4n) is 3.43. The van der Waals surface area contributed by atoms with E-state index >= 15 is 0 Å². The fourth-order valence-corrected chi connectivity index (χ4v) is 4.56. The van der Waals surface area contributed by atoms with Gasteiger partial charge in [0.05, 0.1) is 17.6 Å². The Hall–Kier alpha value is -1.84. The van der Waals surface area contributed by atoms with Gasteiger partial charge in [-0.2, -0.15) is 22.1 Å². The molecule has 148 valence electrons. The van der Waals surface area contributed by atoms with E-state index in [4.69, 9.17) is 4.98 Å². The van der Waals surface area contributed by atoms with Gasteiger partial charge in [0.2, 0.25) is 0 Å². The Labute approximate surface area is 161 Å². The molecular formula is C18H28N6O2S. The molecule has 0 unspecified atom stereocenters. The van der Waals surface area contributed by atoms with Crippen LogP contribution in [0.25, 0.3) is 11.4 Å². The minimum absolute atomic E-state index is 0.253. The van der Waals surface area contributed by atoms with E-state index in [1.165, 1.54) is 4.31 Å². The van der Waals surface area contributed by atoms with Crippen molar-refractivity contribution in [2.75, 3.05) is 27.2 Å². The first kappa shape index (κ1) is 19.9. The molecule has 3 rings (SSSR count). The van der Waals surface area contributed by atoms with E-state index in [0.717, 1.165) is 36.3 Å². The highest BCUT2D eigenvalue weighted by Crippen LogP contribution is 2.25. The van der Waals surface area contributed by atoms with E-state index < -0.39 is 10.2 Å². The van der Waals surface area contributed by atoms with Gasteiger partial charge in [0.25, 0.3) is 10.2 Å². The van der Waals surface area contributed by atoms with Gasteiger partial charge in [-0.15, -0.1) is 0 Å². The van der Waals surface area contributed by atoms with Gasteiger partial charge < -0.3 is 0 Å². The summed E-state index contributed by atoms with van der Waals surface area (Å²) in [4.78, 5) is 9.15. The summed E-state index contributed by atoms with van der Waals surface area (Å²) in [6.45, 7) is 5.28. The molecule has 0 bridgehead atoms. The molecule has 0 radical (unpaired) electrons. The number of piperidine rings is 1. The molecule has 1 aliphatic rings. The summed E-state index contributed by atoms with van der Waals surface area (Å²) >= 11 is 0. The predicted molar refractivity (Wildman–Crippen MR) is 104 cm³/mol. The van der Waals surface area contributed by atoms with Gasteiger partial charge in [-0.3, -0.25) is 9.67 Å². The molecule has 0 saturated carbocycles. The summed E-state index contributed by atoms with van der Waals surface area (Å²) in [7, 11) is -0.169. The first-order valence-corrected chi connectivity index (χ1v) is 10.7. The molecule has 1 saturated heterocycles. The molecule has 0 aromatic carbocycles. The van der Waals surface area contributed by atoms with Crippen molar-refractivity contribution in [3.8, 4) is 11.4 Å². The largest absolute Gasteiger partial charge is 0.281 e. The lowest BCUT2D eigenvalue weighted by Crippen LogP contribution is -2.44. The Morgan fingerprint density at radius 1 is 1.22 bits per heavy atom. The summed E-state index contributed by atoms with van der Waals surface area (Å²) in [6, 6.07) is 2.21. The molecular weight excluding hydrogens is 364 g/mol. The van der Waals surface area contributed by atoms with E-state index in [1.807, 2.05) is 16.9 Å². The maximum absolute atomic E-state index is 12.2. The Morgan fingerprint density at radius 3 is 2.56 bits per heavy atom. The lowest BCUT2D eigenvalue weighted by molar-refractivity contribution is 0.261. The molecule has 0 aliphatic carbocycles. The van der Waals surface area contributed by atoms with Crippen LogP contribution in [0, 0.1) is 5.92 Å². The standard InChI is InChI=1S/C18H28N6O2S/c1-14(2)24-18(5-8-20-24)17-13-19-12-16(21-17)11-15-6-9-23(10-7-15)27(25,26)22(3)4/h5,8,12-15H,6-7,9-11H2,1-4H3. The van der Waals surface area contributed by atoms with E-state index in [-0.39, 0.29) is 6.04 Å². The lowest BCUT2D eigenvalue weighted by Gasteiger charge is -2.32. The van der Waals surface area contributed by atoms with Crippen LogP contribution < -0.4 is 0 Å². The Kier molecular flexibility index (Phi) is 5.92. The number of aromatic nitrogens is 4. The second-order valence-electron chi connectivity index (χ2n) is 7.49. The van der Waals surface area contributed by atoms with Crippen molar-refractivity contribution in [3.63, 3.8) is 0 Å². The molecule has 0 atom stereocenters. The van der Waals surface area contributed by atoms with Crippen molar-refractivity contribution in [3.05, 3.63) is 30.4 Å². The van der Waals surface area contributed by atoms with Crippen molar-refractivity contribution in [1.29, 1.82) is 0 Å². The molecule has 9 heteroatoms. The van der Waals surface area contributed by atoms with E-state index in [2.05, 4.69) is 23.9 Å². The second kappa shape index (κ2) is 8.04. The van der Waals surface area contributed by atoms with E-state index in [1.54, 1.807) is 30.8 Å². The molecule has 2 aromatic rings. The van der Waals surface area contributed by atoms with Gasteiger partial charge in [0.15, 0.2) is 0 Å². The first-order valence-electron chi connectivity index (χ1n) is 9.31. The molecule has 3 heterocycles. The van der Waals surface area contributed by atoms with E-state index in [0.29, 0.717) is 19.0 Å². The number of hydrogen-bond donors (Lipinski definition) is 0. The summed E-state index contributed by atoms with van der Waals surface area (Å²) in [5.74, 6) is 0.415. The summed E-state index contributed by atoms with van der Waals surface area (Å²) in [6.07, 6.45) is 7.84. The van der Waals surface area contributed by atoms with Gasteiger partial charge in [-0.25, -0.2) is 4.98 Å². The van der Waals surface area contributed by atoms with Crippen LogP contribution in [-0.2, 0) is 16.6 Å².